The van der Waals surface area contributed by atoms with Crippen LogP contribution in [0.25, 0.3) is 0 Å². The number of nitro groups is 1. The Morgan fingerprint density at radius 2 is 2.18 bits per heavy atom. The fraction of sp³-hybridized carbons (Fsp3) is 0. The molecule has 1 heterocycles. The van der Waals surface area contributed by atoms with Gasteiger partial charge < -0.3 is 5.73 Å². The molecule has 2 aromatic rings. The van der Waals surface area contributed by atoms with Crippen LogP contribution in [-0.4, -0.2) is 14.9 Å². The van der Waals surface area contributed by atoms with Gasteiger partial charge in [0.15, 0.2) is 0 Å². The van der Waals surface area contributed by atoms with Crippen molar-refractivity contribution in [2.45, 2.75) is 9.92 Å². The molecule has 1 aromatic heterocycles. The summed E-state index contributed by atoms with van der Waals surface area (Å²) in [5.74, 6) is 0. The summed E-state index contributed by atoms with van der Waals surface area (Å²) >= 11 is 1.35. The first-order valence-electron chi connectivity index (χ1n) is 4.64. The van der Waals surface area contributed by atoms with Crippen LogP contribution in [0.15, 0.2) is 46.7 Å². The zero-order chi connectivity index (χ0) is 12.3. The molecule has 0 radical (unpaired) electrons. The largest absolute Gasteiger partial charge is 0.393 e. The van der Waals surface area contributed by atoms with Gasteiger partial charge in [-0.2, -0.15) is 0 Å². The highest BCUT2D eigenvalue weighted by Crippen LogP contribution is 2.30. The first-order chi connectivity index (χ1) is 8.16. The number of benzene rings is 1. The summed E-state index contributed by atoms with van der Waals surface area (Å²) in [4.78, 5) is 18.9. The van der Waals surface area contributed by atoms with Crippen molar-refractivity contribution in [3.05, 3.63) is 46.9 Å². The van der Waals surface area contributed by atoms with Gasteiger partial charge in [0.1, 0.15) is 10.7 Å². The molecule has 2 rings (SSSR count). The minimum atomic E-state index is -0.508. The van der Waals surface area contributed by atoms with E-state index >= 15 is 0 Å². The topological polar surface area (TPSA) is 94.9 Å². The van der Waals surface area contributed by atoms with Crippen LogP contribution in [0.4, 0.5) is 11.4 Å². The normalized spacial score (nSPS) is 10.1. The van der Waals surface area contributed by atoms with Crippen molar-refractivity contribution in [1.29, 1.82) is 0 Å². The molecule has 2 N–H and O–H groups in total. The van der Waals surface area contributed by atoms with Gasteiger partial charge in [-0.05, 0) is 12.1 Å². The molecule has 0 saturated carbocycles. The Morgan fingerprint density at radius 3 is 2.76 bits per heavy atom. The number of anilines is 1. The second-order valence-corrected chi connectivity index (χ2v) is 4.22. The number of nitro benzene ring substituents is 1. The molecule has 0 bridgehead atoms. The van der Waals surface area contributed by atoms with E-state index in [1.165, 1.54) is 17.8 Å². The summed E-state index contributed by atoms with van der Waals surface area (Å²) in [7, 11) is 0. The van der Waals surface area contributed by atoms with Gasteiger partial charge in [-0.3, -0.25) is 15.1 Å². The lowest BCUT2D eigenvalue weighted by Crippen LogP contribution is -1.95. The van der Waals surface area contributed by atoms with Crippen LogP contribution in [-0.2, 0) is 0 Å². The van der Waals surface area contributed by atoms with E-state index in [9.17, 15) is 10.1 Å². The Kier molecular flexibility index (Phi) is 3.20. The lowest BCUT2D eigenvalue weighted by Gasteiger charge is -2.02. The van der Waals surface area contributed by atoms with Gasteiger partial charge in [-0.1, -0.05) is 11.8 Å². The molecule has 86 valence electrons. The Hall–Kier alpha value is -2.15. The second kappa shape index (κ2) is 4.79. The highest BCUT2D eigenvalue weighted by molar-refractivity contribution is 7.99. The minimum Gasteiger partial charge on any atom is -0.393 e. The maximum Gasteiger partial charge on any atom is 0.292 e. The van der Waals surface area contributed by atoms with Crippen molar-refractivity contribution in [3.8, 4) is 0 Å². The van der Waals surface area contributed by atoms with Crippen molar-refractivity contribution in [2.24, 2.45) is 0 Å². The fourth-order valence-electron chi connectivity index (χ4n) is 1.22. The van der Waals surface area contributed by atoms with Gasteiger partial charge in [-0.15, -0.1) is 0 Å². The molecule has 6 nitrogen and oxygen atoms in total. The van der Waals surface area contributed by atoms with Crippen LogP contribution in [0.1, 0.15) is 0 Å². The van der Waals surface area contributed by atoms with Gasteiger partial charge in [0.2, 0.25) is 0 Å². The summed E-state index contributed by atoms with van der Waals surface area (Å²) in [6.45, 7) is 0. The van der Waals surface area contributed by atoms with Crippen LogP contribution >= 0.6 is 11.8 Å². The predicted octanol–water partition coefficient (Wildman–Crippen LogP) is 2.12. The number of nitrogen functional groups attached to an aromatic ring is 1. The predicted molar refractivity (Wildman–Crippen MR) is 63.7 cm³/mol. The van der Waals surface area contributed by atoms with E-state index in [0.717, 1.165) is 4.90 Å². The van der Waals surface area contributed by atoms with Crippen molar-refractivity contribution in [2.75, 3.05) is 5.73 Å². The molecule has 0 unspecified atom stereocenters. The zero-order valence-electron chi connectivity index (χ0n) is 8.61. The van der Waals surface area contributed by atoms with Crippen molar-refractivity contribution < 1.29 is 4.92 Å². The van der Waals surface area contributed by atoms with Crippen molar-refractivity contribution in [3.63, 3.8) is 0 Å². The Bertz CT molecular complexity index is 547. The van der Waals surface area contributed by atoms with Gasteiger partial charge in [-0.25, -0.2) is 4.98 Å². The summed E-state index contributed by atoms with van der Waals surface area (Å²) in [6.07, 6.45) is 4.77. The highest BCUT2D eigenvalue weighted by atomic mass is 32.2. The maximum atomic E-state index is 10.6. The summed E-state index contributed by atoms with van der Waals surface area (Å²) in [6, 6.07) is 4.57. The zero-order valence-corrected chi connectivity index (χ0v) is 9.42. The van der Waals surface area contributed by atoms with Crippen molar-refractivity contribution in [1.82, 2.24) is 9.97 Å². The molecule has 0 spiro atoms. The molecule has 7 heteroatoms. The third-order valence-electron chi connectivity index (χ3n) is 1.96. The molecule has 0 amide bonds. The minimum absolute atomic E-state index is 0.0894. The lowest BCUT2D eigenvalue weighted by molar-refractivity contribution is -0.383. The lowest BCUT2D eigenvalue weighted by atomic mass is 10.3. The number of aromatic nitrogens is 2. The first kappa shape index (κ1) is 11.3. The van der Waals surface area contributed by atoms with E-state index in [1.807, 2.05) is 0 Å². The van der Waals surface area contributed by atoms with Gasteiger partial charge in [0, 0.05) is 23.4 Å². The molecule has 0 aliphatic carbocycles. The van der Waals surface area contributed by atoms with E-state index in [0.29, 0.717) is 5.03 Å². The van der Waals surface area contributed by atoms with E-state index in [-0.39, 0.29) is 11.4 Å². The Morgan fingerprint density at radius 1 is 1.35 bits per heavy atom. The van der Waals surface area contributed by atoms with E-state index in [2.05, 4.69) is 9.97 Å². The van der Waals surface area contributed by atoms with Crippen LogP contribution in [0, 0.1) is 10.1 Å². The summed E-state index contributed by atoms with van der Waals surface area (Å²) in [5.41, 5.74) is 5.64. The average Bonchev–Trinajstić information content (AvgIpc) is 2.30. The molecular formula is C10H8N4O2S. The third-order valence-corrected chi connectivity index (χ3v) is 2.87. The SMILES string of the molecule is Nc1cc(Sc2cnccn2)ccc1[N+](=O)[O-]. The second-order valence-electron chi connectivity index (χ2n) is 3.12. The number of rotatable bonds is 3. The average molecular weight is 248 g/mol. The smallest absolute Gasteiger partial charge is 0.292 e. The van der Waals surface area contributed by atoms with Crippen LogP contribution in [0.3, 0.4) is 0 Å². The fourth-order valence-corrected chi connectivity index (χ4v) is 2.01. The Labute approximate surface area is 101 Å². The number of hydrogen-bond donors (Lipinski definition) is 1. The monoisotopic (exact) mass is 248 g/mol. The molecule has 0 fully saturated rings. The molecular weight excluding hydrogens is 240 g/mol. The van der Waals surface area contributed by atoms with E-state index in [4.69, 9.17) is 5.73 Å². The van der Waals surface area contributed by atoms with Crippen LogP contribution in [0.2, 0.25) is 0 Å². The molecule has 0 saturated heterocycles. The number of nitrogens with two attached hydrogens (primary N) is 1. The Balaban J connectivity index is 2.24. The molecule has 0 aliphatic heterocycles. The molecule has 1 aromatic carbocycles. The van der Waals surface area contributed by atoms with Crippen LogP contribution in [0.5, 0.6) is 0 Å². The maximum absolute atomic E-state index is 10.6. The van der Waals surface area contributed by atoms with Crippen LogP contribution < -0.4 is 5.73 Å². The quantitative estimate of drug-likeness (QED) is 0.508. The number of nitrogens with zero attached hydrogens (tertiary/aromatic N) is 3. The molecule has 0 aliphatic rings. The van der Waals surface area contributed by atoms with E-state index in [1.54, 1.807) is 30.7 Å². The summed E-state index contributed by atoms with van der Waals surface area (Å²) < 4.78 is 0. The molecule has 0 atom stereocenters. The van der Waals surface area contributed by atoms with Gasteiger partial charge >= 0.3 is 0 Å². The highest BCUT2D eigenvalue weighted by Gasteiger charge is 2.11. The van der Waals surface area contributed by atoms with Gasteiger partial charge in [0.25, 0.3) is 5.69 Å². The summed E-state index contributed by atoms with van der Waals surface area (Å²) in [5, 5.41) is 11.3. The first-order valence-corrected chi connectivity index (χ1v) is 5.46. The third kappa shape index (κ3) is 2.70. The van der Waals surface area contributed by atoms with Gasteiger partial charge in [0.05, 0.1) is 11.1 Å². The van der Waals surface area contributed by atoms with E-state index < -0.39 is 4.92 Å². The van der Waals surface area contributed by atoms with Crippen molar-refractivity contribution >= 4 is 23.1 Å². The number of hydrogen-bond acceptors (Lipinski definition) is 6. The standard InChI is InChI=1S/C10H8N4O2S/c11-8-5-7(1-2-9(8)14(15)16)17-10-6-12-3-4-13-10/h1-6H,11H2. The molecule has 17 heavy (non-hydrogen) atoms.